The van der Waals surface area contributed by atoms with Gasteiger partial charge in [0.15, 0.2) is 11.5 Å². The van der Waals surface area contributed by atoms with Crippen molar-refractivity contribution < 1.29 is 18.7 Å². The number of anilines is 1. The molecule has 1 N–H and O–H groups in total. The summed E-state index contributed by atoms with van der Waals surface area (Å²) in [5.74, 6) is 0.388. The molecule has 0 aromatic heterocycles. The average Bonchev–Trinajstić information content (AvgIpc) is 2.72. The van der Waals surface area contributed by atoms with Crippen LogP contribution in [0.4, 0.5) is 10.1 Å². The van der Waals surface area contributed by atoms with Crippen LogP contribution >= 0.6 is 15.9 Å². The molecule has 0 fully saturated rings. The molecule has 174 valence electrons. The molecule has 32 heavy (non-hydrogen) atoms. The van der Waals surface area contributed by atoms with Crippen molar-refractivity contribution in [2.45, 2.75) is 46.2 Å². The smallest absolute Gasteiger partial charge is 0.248 e. The average molecular weight is 507 g/mol. The molecular formula is C25H32BrFN2O3. The summed E-state index contributed by atoms with van der Waals surface area (Å²) in [5, 5.41) is 2.77. The summed E-state index contributed by atoms with van der Waals surface area (Å²) >= 11 is 3.21. The number of carbonyl (C=O) groups excluding carboxylic acids is 1. The first-order valence-corrected chi connectivity index (χ1v) is 11.5. The van der Waals surface area contributed by atoms with E-state index in [9.17, 15) is 9.18 Å². The van der Waals surface area contributed by atoms with Gasteiger partial charge in [-0.1, -0.05) is 22.0 Å². The Balaban J connectivity index is 1.98. The highest BCUT2D eigenvalue weighted by Crippen LogP contribution is 2.30. The minimum Gasteiger partial charge on any atom is -0.493 e. The van der Waals surface area contributed by atoms with Gasteiger partial charge in [0, 0.05) is 46.5 Å². The summed E-state index contributed by atoms with van der Waals surface area (Å²) < 4.78 is 25.9. The van der Waals surface area contributed by atoms with Crippen molar-refractivity contribution in [3.05, 3.63) is 58.3 Å². The van der Waals surface area contributed by atoms with Crippen LogP contribution in [0.5, 0.6) is 11.5 Å². The molecule has 0 aliphatic carbocycles. The zero-order valence-corrected chi connectivity index (χ0v) is 20.9. The molecule has 0 heterocycles. The molecule has 2 aromatic carbocycles. The minimum atomic E-state index is -0.406. The van der Waals surface area contributed by atoms with Crippen LogP contribution in [0, 0.1) is 5.82 Å². The van der Waals surface area contributed by atoms with Crippen molar-refractivity contribution in [3.63, 3.8) is 0 Å². The van der Waals surface area contributed by atoms with E-state index < -0.39 is 5.82 Å². The molecular weight excluding hydrogens is 475 g/mol. The Morgan fingerprint density at radius 1 is 1.12 bits per heavy atom. The molecule has 0 saturated heterocycles. The lowest BCUT2D eigenvalue weighted by atomic mass is 10.2. The second kappa shape index (κ2) is 12.6. The maximum Gasteiger partial charge on any atom is 0.248 e. The highest BCUT2D eigenvalue weighted by molar-refractivity contribution is 9.10. The summed E-state index contributed by atoms with van der Waals surface area (Å²) in [6.45, 7) is 10.2. The van der Waals surface area contributed by atoms with Gasteiger partial charge < -0.3 is 14.8 Å². The predicted molar refractivity (Wildman–Crippen MR) is 132 cm³/mol. The number of methoxy groups -OCH3 is 1. The molecule has 0 aliphatic rings. The molecule has 7 heteroatoms. The summed E-state index contributed by atoms with van der Waals surface area (Å²) in [7, 11) is 1.58. The Labute approximate surface area is 198 Å². The standard InChI is InChI=1S/C25H32BrFN2O3/c1-17(2)29(18(3)4)13-6-14-32-24-16-21(10-11-23(24)31-5)28-25(30)12-8-19-7-9-20(26)15-22(19)27/h7-12,15-18H,6,13-14H2,1-5H3,(H,28,30). The highest BCUT2D eigenvalue weighted by Gasteiger charge is 2.13. The minimum absolute atomic E-state index is 0.332. The number of benzene rings is 2. The van der Waals surface area contributed by atoms with Crippen molar-refractivity contribution in [3.8, 4) is 11.5 Å². The van der Waals surface area contributed by atoms with Crippen LogP contribution in [0.25, 0.3) is 6.08 Å². The van der Waals surface area contributed by atoms with Crippen LogP contribution in [-0.4, -0.2) is 43.2 Å². The van der Waals surface area contributed by atoms with Crippen molar-refractivity contribution in [2.75, 3.05) is 25.6 Å². The molecule has 0 aliphatic heterocycles. The zero-order valence-electron chi connectivity index (χ0n) is 19.3. The summed E-state index contributed by atoms with van der Waals surface area (Å²) in [5.41, 5.74) is 0.900. The van der Waals surface area contributed by atoms with Crippen molar-refractivity contribution in [1.29, 1.82) is 0 Å². The third kappa shape index (κ3) is 7.95. The number of nitrogens with one attached hydrogen (secondary N) is 1. The van der Waals surface area contributed by atoms with Crippen molar-refractivity contribution >= 4 is 33.6 Å². The fraction of sp³-hybridized carbons (Fsp3) is 0.400. The fourth-order valence-electron chi connectivity index (χ4n) is 3.40. The SMILES string of the molecule is COc1ccc(NC(=O)C=Cc2ccc(Br)cc2F)cc1OCCCN(C(C)C)C(C)C. The molecule has 1 amide bonds. The quantitative estimate of drug-likeness (QED) is 0.294. The normalized spacial score (nSPS) is 11.6. The van der Waals surface area contributed by atoms with E-state index in [2.05, 4.69) is 53.8 Å². The second-order valence-electron chi connectivity index (χ2n) is 7.98. The molecule has 0 spiro atoms. The third-order valence-corrected chi connectivity index (χ3v) is 5.45. The van der Waals surface area contributed by atoms with Gasteiger partial charge in [-0.2, -0.15) is 0 Å². The number of nitrogens with zero attached hydrogens (tertiary/aromatic N) is 1. The van der Waals surface area contributed by atoms with Gasteiger partial charge >= 0.3 is 0 Å². The van der Waals surface area contributed by atoms with Crippen molar-refractivity contribution in [1.82, 2.24) is 4.90 Å². The second-order valence-corrected chi connectivity index (χ2v) is 8.90. The first-order chi connectivity index (χ1) is 15.2. The van der Waals surface area contributed by atoms with Crippen LogP contribution < -0.4 is 14.8 Å². The lowest BCUT2D eigenvalue weighted by molar-refractivity contribution is -0.111. The first kappa shape index (κ1) is 25.9. The summed E-state index contributed by atoms with van der Waals surface area (Å²) in [4.78, 5) is 14.7. The number of carbonyl (C=O) groups is 1. The Kier molecular flexibility index (Phi) is 10.2. The van der Waals surface area contributed by atoms with Crippen LogP contribution in [0.1, 0.15) is 39.7 Å². The van der Waals surface area contributed by atoms with E-state index in [1.165, 1.54) is 18.2 Å². The number of hydrogen-bond acceptors (Lipinski definition) is 4. The largest absolute Gasteiger partial charge is 0.493 e. The number of halogens is 2. The van der Waals surface area contributed by atoms with E-state index in [-0.39, 0.29) is 5.91 Å². The third-order valence-electron chi connectivity index (χ3n) is 4.95. The van der Waals surface area contributed by atoms with Gasteiger partial charge in [0.25, 0.3) is 0 Å². The monoisotopic (exact) mass is 506 g/mol. The Bertz CT molecular complexity index is 923. The first-order valence-electron chi connectivity index (χ1n) is 10.7. The lowest BCUT2D eigenvalue weighted by Crippen LogP contribution is -2.38. The molecule has 0 bridgehead atoms. The van der Waals surface area contributed by atoms with E-state index in [1.807, 2.05) is 0 Å². The van der Waals surface area contributed by atoms with Crippen molar-refractivity contribution in [2.24, 2.45) is 0 Å². The molecule has 0 atom stereocenters. The van der Waals surface area contributed by atoms with Crippen LogP contribution in [0.15, 0.2) is 46.9 Å². The van der Waals surface area contributed by atoms with Crippen LogP contribution in [-0.2, 0) is 4.79 Å². The Morgan fingerprint density at radius 3 is 2.47 bits per heavy atom. The Hall–Kier alpha value is -2.38. The van der Waals surface area contributed by atoms with E-state index in [4.69, 9.17) is 9.47 Å². The maximum absolute atomic E-state index is 13.9. The van der Waals surface area contributed by atoms with Crippen LogP contribution in [0.2, 0.25) is 0 Å². The molecule has 0 saturated carbocycles. The fourth-order valence-corrected chi connectivity index (χ4v) is 3.73. The van der Waals surface area contributed by atoms with E-state index in [0.717, 1.165) is 13.0 Å². The van der Waals surface area contributed by atoms with Gasteiger partial charge in [-0.25, -0.2) is 4.39 Å². The summed E-state index contributed by atoms with van der Waals surface area (Å²) in [6.07, 6.45) is 3.61. The molecule has 5 nitrogen and oxygen atoms in total. The topological polar surface area (TPSA) is 50.8 Å². The molecule has 0 unspecified atom stereocenters. The van der Waals surface area contributed by atoms with Gasteiger partial charge in [-0.05, 0) is 64.5 Å². The van der Waals surface area contributed by atoms with E-state index in [0.29, 0.717) is 45.9 Å². The molecule has 2 rings (SSSR count). The van der Waals surface area contributed by atoms with Gasteiger partial charge in [0.1, 0.15) is 5.82 Å². The van der Waals surface area contributed by atoms with Gasteiger partial charge in [0.2, 0.25) is 5.91 Å². The van der Waals surface area contributed by atoms with Gasteiger partial charge in [-0.15, -0.1) is 0 Å². The van der Waals surface area contributed by atoms with E-state index >= 15 is 0 Å². The zero-order chi connectivity index (χ0) is 23.7. The Morgan fingerprint density at radius 2 is 1.84 bits per heavy atom. The van der Waals surface area contributed by atoms with E-state index in [1.54, 1.807) is 37.4 Å². The van der Waals surface area contributed by atoms with Crippen LogP contribution in [0.3, 0.4) is 0 Å². The number of hydrogen-bond donors (Lipinski definition) is 1. The molecule has 0 radical (unpaired) electrons. The highest BCUT2D eigenvalue weighted by atomic mass is 79.9. The molecule has 2 aromatic rings. The maximum atomic E-state index is 13.9. The number of rotatable bonds is 11. The predicted octanol–water partition coefficient (Wildman–Crippen LogP) is 6.14. The summed E-state index contributed by atoms with van der Waals surface area (Å²) in [6, 6.07) is 10.8. The lowest BCUT2D eigenvalue weighted by Gasteiger charge is -2.30. The number of ether oxygens (including phenoxy) is 2. The van der Waals surface area contributed by atoms with Gasteiger partial charge in [0.05, 0.1) is 13.7 Å². The van der Waals surface area contributed by atoms with Gasteiger partial charge in [-0.3, -0.25) is 9.69 Å². The number of amides is 1.